The molecule has 2 fully saturated rings. The van der Waals surface area contributed by atoms with Gasteiger partial charge in [0.1, 0.15) is 0 Å². The molecule has 88 valence electrons. The van der Waals surface area contributed by atoms with E-state index in [4.69, 9.17) is 4.74 Å². The van der Waals surface area contributed by atoms with Gasteiger partial charge in [-0.2, -0.15) is 12.6 Å². The molecule has 0 spiro atoms. The van der Waals surface area contributed by atoms with Crippen LogP contribution in [-0.4, -0.2) is 43.5 Å². The third-order valence-electron chi connectivity index (χ3n) is 3.89. The van der Waals surface area contributed by atoms with Gasteiger partial charge < -0.3 is 9.64 Å². The van der Waals surface area contributed by atoms with Gasteiger partial charge in [0.25, 0.3) is 0 Å². The van der Waals surface area contributed by atoms with Crippen molar-refractivity contribution < 1.29 is 4.74 Å². The van der Waals surface area contributed by atoms with Crippen LogP contribution in [-0.2, 0) is 4.74 Å². The lowest BCUT2D eigenvalue weighted by molar-refractivity contribution is 0.0490. The first-order chi connectivity index (χ1) is 7.24. The van der Waals surface area contributed by atoms with Crippen molar-refractivity contribution >= 4 is 12.6 Å². The molecule has 2 nitrogen and oxygen atoms in total. The zero-order valence-electron chi connectivity index (χ0n) is 9.74. The van der Waals surface area contributed by atoms with Gasteiger partial charge in [-0.3, -0.25) is 0 Å². The SMILES string of the molecule is CN(CC1CCCO1)CC1(CS)CCC1. The van der Waals surface area contributed by atoms with Gasteiger partial charge in [0.15, 0.2) is 0 Å². The number of thiol groups is 1. The van der Waals surface area contributed by atoms with Gasteiger partial charge in [-0.1, -0.05) is 6.42 Å². The van der Waals surface area contributed by atoms with E-state index in [2.05, 4.69) is 24.6 Å². The van der Waals surface area contributed by atoms with Crippen LogP contribution >= 0.6 is 12.6 Å². The van der Waals surface area contributed by atoms with Crippen LogP contribution in [0.25, 0.3) is 0 Å². The lowest BCUT2D eigenvalue weighted by Crippen LogP contribution is -2.44. The number of rotatable bonds is 5. The largest absolute Gasteiger partial charge is 0.377 e. The molecule has 0 radical (unpaired) electrons. The Labute approximate surface area is 98.8 Å². The lowest BCUT2D eigenvalue weighted by Gasteiger charge is -2.43. The van der Waals surface area contributed by atoms with Crippen LogP contribution < -0.4 is 0 Å². The summed E-state index contributed by atoms with van der Waals surface area (Å²) >= 11 is 4.50. The topological polar surface area (TPSA) is 12.5 Å². The zero-order valence-corrected chi connectivity index (χ0v) is 10.6. The second kappa shape index (κ2) is 5.07. The fourth-order valence-electron chi connectivity index (χ4n) is 2.82. The van der Waals surface area contributed by atoms with Gasteiger partial charge in [-0.15, -0.1) is 0 Å². The summed E-state index contributed by atoms with van der Waals surface area (Å²) in [5, 5.41) is 0. The van der Waals surface area contributed by atoms with E-state index in [-0.39, 0.29) is 0 Å². The molecular formula is C12H23NOS. The molecule has 3 heteroatoms. The first-order valence-electron chi connectivity index (χ1n) is 6.15. The third kappa shape index (κ3) is 2.89. The summed E-state index contributed by atoms with van der Waals surface area (Å²) in [5.41, 5.74) is 0.524. The average Bonchev–Trinajstić information content (AvgIpc) is 2.64. The molecule has 1 heterocycles. The maximum Gasteiger partial charge on any atom is 0.0702 e. The van der Waals surface area contributed by atoms with E-state index >= 15 is 0 Å². The van der Waals surface area contributed by atoms with Crippen molar-refractivity contribution in [2.75, 3.05) is 32.5 Å². The molecule has 1 saturated heterocycles. The van der Waals surface area contributed by atoms with E-state index in [1.54, 1.807) is 0 Å². The van der Waals surface area contributed by atoms with Gasteiger partial charge in [0.05, 0.1) is 6.10 Å². The predicted octanol–water partition coefficient (Wildman–Crippen LogP) is 2.20. The molecule has 0 aromatic heterocycles. The average molecular weight is 229 g/mol. The van der Waals surface area contributed by atoms with Crippen molar-refractivity contribution in [2.24, 2.45) is 5.41 Å². The van der Waals surface area contributed by atoms with Crippen LogP contribution in [0.1, 0.15) is 32.1 Å². The second-order valence-electron chi connectivity index (χ2n) is 5.34. The number of ether oxygens (including phenoxy) is 1. The van der Waals surface area contributed by atoms with Crippen molar-refractivity contribution in [1.82, 2.24) is 4.90 Å². The normalized spacial score (nSPS) is 29.4. The number of nitrogens with zero attached hydrogens (tertiary/aromatic N) is 1. The molecule has 1 saturated carbocycles. The Morgan fingerprint density at radius 1 is 1.40 bits per heavy atom. The summed E-state index contributed by atoms with van der Waals surface area (Å²) in [6, 6.07) is 0. The van der Waals surface area contributed by atoms with E-state index < -0.39 is 0 Å². The quantitative estimate of drug-likeness (QED) is 0.726. The molecule has 1 atom stereocenters. The van der Waals surface area contributed by atoms with Crippen LogP contribution in [0.4, 0.5) is 0 Å². The Kier molecular flexibility index (Phi) is 3.97. The van der Waals surface area contributed by atoms with Crippen molar-refractivity contribution in [2.45, 2.75) is 38.2 Å². The summed E-state index contributed by atoms with van der Waals surface area (Å²) in [6.45, 7) is 3.28. The van der Waals surface area contributed by atoms with E-state index in [1.165, 1.54) is 38.6 Å². The molecule has 0 bridgehead atoms. The highest BCUT2D eigenvalue weighted by Gasteiger charge is 2.36. The van der Waals surface area contributed by atoms with Gasteiger partial charge in [0.2, 0.25) is 0 Å². The molecule has 2 rings (SSSR count). The van der Waals surface area contributed by atoms with Gasteiger partial charge in [0, 0.05) is 19.7 Å². The zero-order chi connectivity index (χ0) is 10.7. The molecule has 15 heavy (non-hydrogen) atoms. The highest BCUT2D eigenvalue weighted by molar-refractivity contribution is 7.80. The van der Waals surface area contributed by atoms with E-state index in [9.17, 15) is 0 Å². The van der Waals surface area contributed by atoms with E-state index in [0.29, 0.717) is 11.5 Å². The summed E-state index contributed by atoms with van der Waals surface area (Å²) < 4.78 is 5.66. The second-order valence-corrected chi connectivity index (χ2v) is 5.66. The highest BCUT2D eigenvalue weighted by atomic mass is 32.1. The van der Waals surface area contributed by atoms with Gasteiger partial charge in [-0.05, 0) is 43.9 Å². The monoisotopic (exact) mass is 229 g/mol. The molecule has 1 unspecified atom stereocenters. The number of hydrogen-bond donors (Lipinski definition) is 1. The number of hydrogen-bond acceptors (Lipinski definition) is 3. The third-order valence-corrected chi connectivity index (χ3v) is 4.57. The van der Waals surface area contributed by atoms with Crippen LogP contribution in [0.3, 0.4) is 0 Å². The summed E-state index contributed by atoms with van der Waals surface area (Å²) in [5.74, 6) is 1.04. The Hall–Kier alpha value is 0.270. The minimum absolute atomic E-state index is 0.493. The van der Waals surface area contributed by atoms with Crippen molar-refractivity contribution in [3.63, 3.8) is 0 Å². The fraction of sp³-hybridized carbons (Fsp3) is 1.00. The lowest BCUT2D eigenvalue weighted by atomic mass is 9.70. The predicted molar refractivity (Wildman–Crippen MR) is 66.6 cm³/mol. The Bertz CT molecular complexity index is 194. The van der Waals surface area contributed by atoms with Crippen LogP contribution in [0.15, 0.2) is 0 Å². The molecule has 0 amide bonds. The van der Waals surface area contributed by atoms with E-state index in [0.717, 1.165) is 18.9 Å². The molecule has 0 aromatic carbocycles. The van der Waals surface area contributed by atoms with Crippen LogP contribution in [0.5, 0.6) is 0 Å². The van der Waals surface area contributed by atoms with Gasteiger partial charge in [-0.25, -0.2) is 0 Å². The highest BCUT2D eigenvalue weighted by Crippen LogP contribution is 2.42. The maximum absolute atomic E-state index is 5.66. The first-order valence-corrected chi connectivity index (χ1v) is 6.78. The van der Waals surface area contributed by atoms with Crippen LogP contribution in [0, 0.1) is 5.41 Å². The van der Waals surface area contributed by atoms with Crippen LogP contribution in [0.2, 0.25) is 0 Å². The standard InChI is InChI=1S/C12H23NOS/c1-13(8-11-4-2-7-14-11)9-12(10-15)5-3-6-12/h11,15H,2-10H2,1H3. The molecule has 2 aliphatic rings. The fourth-order valence-corrected chi connectivity index (χ4v) is 3.23. The van der Waals surface area contributed by atoms with Crippen molar-refractivity contribution in [3.8, 4) is 0 Å². The smallest absolute Gasteiger partial charge is 0.0702 e. The minimum Gasteiger partial charge on any atom is -0.377 e. The number of likely N-dealkylation sites (N-methyl/N-ethyl adjacent to an activating group) is 1. The Morgan fingerprint density at radius 3 is 2.67 bits per heavy atom. The Morgan fingerprint density at radius 2 is 2.20 bits per heavy atom. The summed E-state index contributed by atoms with van der Waals surface area (Å²) in [6.07, 6.45) is 7.12. The van der Waals surface area contributed by atoms with Crippen molar-refractivity contribution in [1.29, 1.82) is 0 Å². The summed E-state index contributed by atoms with van der Waals surface area (Å²) in [7, 11) is 2.23. The molecule has 0 aromatic rings. The summed E-state index contributed by atoms with van der Waals surface area (Å²) in [4.78, 5) is 2.45. The van der Waals surface area contributed by atoms with Gasteiger partial charge >= 0.3 is 0 Å². The maximum atomic E-state index is 5.66. The molecule has 1 aliphatic heterocycles. The van der Waals surface area contributed by atoms with E-state index in [1.807, 2.05) is 0 Å². The first kappa shape index (κ1) is 11.7. The molecule has 0 N–H and O–H groups in total. The Balaban J connectivity index is 1.73. The minimum atomic E-state index is 0.493. The molecular weight excluding hydrogens is 206 g/mol. The molecule has 1 aliphatic carbocycles. The van der Waals surface area contributed by atoms with Crippen molar-refractivity contribution in [3.05, 3.63) is 0 Å².